The van der Waals surface area contributed by atoms with Gasteiger partial charge in [-0.1, -0.05) is 91.0 Å². The van der Waals surface area contributed by atoms with Crippen LogP contribution in [0.3, 0.4) is 0 Å². The molecule has 0 aliphatic heterocycles. The number of hydrogen-bond acceptors (Lipinski definition) is 11. The second-order valence-electron chi connectivity index (χ2n) is 12.3. The van der Waals surface area contributed by atoms with Crippen LogP contribution < -0.4 is 27.0 Å². The van der Waals surface area contributed by atoms with Gasteiger partial charge in [0.25, 0.3) is 0 Å². The lowest BCUT2D eigenvalue weighted by atomic mass is 10.0. The molecule has 16 nitrogen and oxygen atoms in total. The predicted octanol–water partition coefficient (Wildman–Crippen LogP) is 2.52. The summed E-state index contributed by atoms with van der Waals surface area (Å²) in [4.78, 5) is 80.9. The summed E-state index contributed by atoms with van der Waals surface area (Å²) in [6, 6.07) is 22.2. The SMILES string of the molecule is COC(=O)[C@@H](CCSC)NC(=O)[C@H](CCCN=C(N)[N+](=O)[O-])NC(=O)[C@H](Cc1ccccc1)NC(=O)[C@@H](Cc1ccccc1)NC(=O)OCc1ccccc1. The third kappa shape index (κ3) is 15.9. The first kappa shape index (κ1) is 43.4. The number of nitrogens with one attached hydrogen (secondary N) is 4. The first-order valence-electron chi connectivity index (χ1n) is 17.5. The molecule has 0 bridgehead atoms. The van der Waals surface area contributed by atoms with E-state index in [9.17, 15) is 34.1 Å². The van der Waals surface area contributed by atoms with E-state index >= 15 is 0 Å². The van der Waals surface area contributed by atoms with Crippen LogP contribution in [0.4, 0.5) is 4.79 Å². The summed E-state index contributed by atoms with van der Waals surface area (Å²) < 4.78 is 10.3. The van der Waals surface area contributed by atoms with Crippen LogP contribution in [-0.4, -0.2) is 90.5 Å². The molecular formula is C38H47N7O9S. The number of methoxy groups -OCH3 is 1. The lowest BCUT2D eigenvalue weighted by molar-refractivity contribution is -0.352. The van der Waals surface area contributed by atoms with E-state index in [1.165, 1.54) is 18.9 Å². The lowest BCUT2D eigenvalue weighted by Crippen LogP contribution is -2.58. The van der Waals surface area contributed by atoms with E-state index in [2.05, 4.69) is 26.3 Å². The Kier molecular flexibility index (Phi) is 18.7. The van der Waals surface area contributed by atoms with E-state index < -0.39 is 64.8 Å². The molecule has 17 heteroatoms. The number of nitrogens with zero attached hydrogens (tertiary/aromatic N) is 2. The van der Waals surface area contributed by atoms with E-state index in [0.717, 1.165) is 11.1 Å². The van der Waals surface area contributed by atoms with Crippen molar-refractivity contribution in [2.24, 2.45) is 10.7 Å². The molecule has 3 aromatic rings. The molecule has 0 aliphatic carbocycles. The Morgan fingerprint density at radius 3 is 1.71 bits per heavy atom. The van der Waals surface area contributed by atoms with Crippen LogP contribution in [0.15, 0.2) is 96.0 Å². The van der Waals surface area contributed by atoms with Crippen molar-refractivity contribution >= 4 is 47.5 Å². The molecule has 0 unspecified atom stereocenters. The topological polar surface area (TPSA) is 233 Å². The van der Waals surface area contributed by atoms with E-state index in [0.29, 0.717) is 11.3 Å². The van der Waals surface area contributed by atoms with Gasteiger partial charge in [0.2, 0.25) is 17.7 Å². The summed E-state index contributed by atoms with van der Waals surface area (Å²) in [5.74, 6) is -3.11. The number of nitro groups is 1. The zero-order chi connectivity index (χ0) is 40.0. The first-order chi connectivity index (χ1) is 26.5. The van der Waals surface area contributed by atoms with Crippen molar-refractivity contribution in [3.05, 3.63) is 118 Å². The van der Waals surface area contributed by atoms with Gasteiger partial charge in [-0.2, -0.15) is 11.8 Å². The quantitative estimate of drug-likeness (QED) is 0.0263. The minimum absolute atomic E-state index is 0.00539. The smallest absolute Gasteiger partial charge is 0.420 e. The maximum Gasteiger partial charge on any atom is 0.420 e. The number of benzene rings is 3. The number of hydrogen-bond donors (Lipinski definition) is 5. The molecule has 0 saturated carbocycles. The molecule has 55 heavy (non-hydrogen) atoms. The van der Waals surface area contributed by atoms with Crippen molar-refractivity contribution in [1.29, 1.82) is 0 Å². The summed E-state index contributed by atoms with van der Waals surface area (Å²) in [6.07, 6.45) is 1.35. The van der Waals surface area contributed by atoms with Crippen LogP contribution in [0.25, 0.3) is 0 Å². The fraction of sp³-hybridized carbons (Fsp3) is 0.368. The molecule has 0 heterocycles. The maximum absolute atomic E-state index is 14.1. The number of nitrogens with two attached hydrogens (primary N) is 1. The number of carbonyl (C=O) groups is 5. The molecule has 0 aromatic heterocycles. The number of ether oxygens (including phenoxy) is 2. The Bertz CT molecular complexity index is 1730. The average molecular weight is 778 g/mol. The van der Waals surface area contributed by atoms with Crippen molar-refractivity contribution in [2.75, 3.05) is 25.7 Å². The van der Waals surface area contributed by atoms with Gasteiger partial charge in [0.05, 0.1) is 7.11 Å². The maximum atomic E-state index is 14.1. The van der Waals surface area contributed by atoms with Crippen LogP contribution in [0.1, 0.15) is 36.0 Å². The van der Waals surface area contributed by atoms with E-state index in [4.69, 9.17) is 15.2 Å². The van der Waals surface area contributed by atoms with Crippen LogP contribution in [0.5, 0.6) is 0 Å². The highest BCUT2D eigenvalue weighted by Gasteiger charge is 2.32. The number of thioether (sulfide) groups is 1. The van der Waals surface area contributed by atoms with Gasteiger partial charge in [-0.3, -0.25) is 20.1 Å². The van der Waals surface area contributed by atoms with E-state index in [1.807, 2.05) is 18.4 Å². The number of alkyl carbamates (subject to hydrolysis) is 1. The Hall–Kier alpha value is -5.97. The second-order valence-corrected chi connectivity index (χ2v) is 13.3. The van der Waals surface area contributed by atoms with Gasteiger partial charge >= 0.3 is 18.0 Å². The number of aliphatic imine (C=N–C) groups is 1. The standard InChI is InChI=1S/C38H47N7O9S/c1-53-36(49)30(20-22-55-2)42-33(46)29(19-12-21-40-37(39)45(51)52)41-34(47)31(23-26-13-6-3-7-14-26)43-35(48)32(24-27-15-8-4-9-16-27)44-38(50)54-25-28-17-10-5-11-18-28/h3-11,13-18,29-32H,12,19-25H2,1-2H3,(H2,39,40)(H,41,47)(H,42,46)(H,43,48)(H,44,50)/t29-,30+,31-,32+/m0/s1. The average Bonchev–Trinajstić information content (AvgIpc) is 3.19. The Labute approximate surface area is 323 Å². The monoisotopic (exact) mass is 777 g/mol. The van der Waals surface area contributed by atoms with Gasteiger partial charge in [-0.05, 0) is 52.9 Å². The first-order valence-corrected chi connectivity index (χ1v) is 18.9. The zero-order valence-electron chi connectivity index (χ0n) is 30.7. The third-order valence-electron chi connectivity index (χ3n) is 8.18. The van der Waals surface area contributed by atoms with Gasteiger partial charge in [0.1, 0.15) is 37.3 Å². The van der Waals surface area contributed by atoms with Gasteiger partial charge in [0.15, 0.2) is 0 Å². The number of esters is 1. The fourth-order valence-electron chi connectivity index (χ4n) is 5.28. The summed E-state index contributed by atoms with van der Waals surface area (Å²) in [6.45, 7) is -0.163. The number of carbonyl (C=O) groups excluding carboxylic acids is 5. The molecule has 4 amide bonds. The number of amides is 4. The Morgan fingerprint density at radius 2 is 1.20 bits per heavy atom. The van der Waals surface area contributed by atoms with Crippen molar-refractivity contribution in [1.82, 2.24) is 21.3 Å². The summed E-state index contributed by atoms with van der Waals surface area (Å²) in [5.41, 5.74) is 7.48. The minimum atomic E-state index is -1.26. The van der Waals surface area contributed by atoms with Gasteiger partial charge in [0, 0.05) is 12.8 Å². The molecule has 0 spiro atoms. The zero-order valence-corrected chi connectivity index (χ0v) is 31.5. The summed E-state index contributed by atoms with van der Waals surface area (Å²) in [5, 5.41) is 21.6. The van der Waals surface area contributed by atoms with Crippen molar-refractivity contribution in [2.45, 2.75) is 62.9 Å². The van der Waals surface area contributed by atoms with Gasteiger partial charge < -0.3 is 40.9 Å². The number of rotatable bonds is 21. The molecule has 3 rings (SSSR count). The van der Waals surface area contributed by atoms with Gasteiger partial charge in [-0.15, -0.1) is 4.99 Å². The van der Waals surface area contributed by atoms with E-state index in [1.54, 1.807) is 78.9 Å². The molecule has 4 atom stereocenters. The van der Waals surface area contributed by atoms with Gasteiger partial charge in [-0.25, -0.2) is 9.59 Å². The molecule has 6 N–H and O–H groups in total. The summed E-state index contributed by atoms with van der Waals surface area (Å²) in [7, 11) is 1.19. The molecule has 0 fully saturated rings. The molecule has 3 aromatic carbocycles. The van der Waals surface area contributed by atoms with E-state index in [-0.39, 0.29) is 45.3 Å². The van der Waals surface area contributed by atoms with Crippen molar-refractivity contribution in [3.63, 3.8) is 0 Å². The lowest BCUT2D eigenvalue weighted by Gasteiger charge is -2.26. The van der Waals surface area contributed by atoms with Crippen LogP contribution >= 0.6 is 11.8 Å². The summed E-state index contributed by atoms with van der Waals surface area (Å²) >= 11 is 1.46. The normalized spacial score (nSPS) is 13.2. The molecular weight excluding hydrogens is 731 g/mol. The third-order valence-corrected chi connectivity index (χ3v) is 8.82. The molecule has 0 radical (unpaired) electrons. The largest absolute Gasteiger partial charge is 0.467 e. The molecule has 0 saturated heterocycles. The van der Waals surface area contributed by atoms with Crippen LogP contribution in [-0.2, 0) is 48.1 Å². The highest BCUT2D eigenvalue weighted by molar-refractivity contribution is 7.98. The van der Waals surface area contributed by atoms with Crippen LogP contribution in [0, 0.1) is 10.1 Å². The number of guanidine groups is 1. The van der Waals surface area contributed by atoms with Crippen molar-refractivity contribution < 1.29 is 38.4 Å². The minimum Gasteiger partial charge on any atom is -0.467 e. The van der Waals surface area contributed by atoms with Crippen LogP contribution in [0.2, 0.25) is 0 Å². The second kappa shape index (κ2) is 23.6. The predicted molar refractivity (Wildman–Crippen MR) is 207 cm³/mol. The Balaban J connectivity index is 1.87. The highest BCUT2D eigenvalue weighted by atomic mass is 32.2. The Morgan fingerprint density at radius 1 is 0.727 bits per heavy atom. The van der Waals surface area contributed by atoms with Crippen molar-refractivity contribution in [3.8, 4) is 0 Å². The molecule has 0 aliphatic rings. The fourth-order valence-corrected chi connectivity index (χ4v) is 5.76. The molecule has 294 valence electrons. The highest BCUT2D eigenvalue weighted by Crippen LogP contribution is 2.10.